The first-order chi connectivity index (χ1) is 19.3. The molecule has 1 spiro atoms. The second-order valence-electron chi connectivity index (χ2n) is 12.6. The summed E-state index contributed by atoms with van der Waals surface area (Å²) in [6, 6.07) is 3.41. The summed E-state index contributed by atoms with van der Waals surface area (Å²) >= 11 is 0. The second kappa shape index (κ2) is 10.3. The van der Waals surface area contributed by atoms with Gasteiger partial charge in [0.2, 0.25) is 0 Å². The van der Waals surface area contributed by atoms with Crippen molar-refractivity contribution in [3.05, 3.63) is 41.7 Å². The fourth-order valence-electron chi connectivity index (χ4n) is 8.03. The Balaban J connectivity index is 1.61. The van der Waals surface area contributed by atoms with Gasteiger partial charge in [-0.1, -0.05) is 25.5 Å². The van der Waals surface area contributed by atoms with Crippen LogP contribution in [-0.4, -0.2) is 71.4 Å². The lowest BCUT2D eigenvalue weighted by Crippen LogP contribution is -2.78. The molecule has 10 heteroatoms. The molecule has 0 bridgehead atoms. The molecule has 0 unspecified atom stereocenters. The van der Waals surface area contributed by atoms with E-state index in [2.05, 4.69) is 18.0 Å². The van der Waals surface area contributed by atoms with Gasteiger partial charge in [0.15, 0.2) is 18.0 Å². The normalized spacial score (nSPS) is 39.7. The highest BCUT2D eigenvalue weighted by Gasteiger charge is 2.75. The Hall–Kier alpha value is -3.11. The third-order valence-corrected chi connectivity index (χ3v) is 10.2. The number of pyridine rings is 1. The van der Waals surface area contributed by atoms with E-state index in [1.807, 2.05) is 20.8 Å². The van der Waals surface area contributed by atoms with Crippen molar-refractivity contribution in [2.75, 3.05) is 13.2 Å². The SMILES string of the molecule is CC(=O)O[C@H]1[C@H](OC(C)=O)[C@]2(C)O[C@]3(CC[C@]2(C)[C@H]2[C@H](OCC(=O)c4cccnc4)CC=C(C)[C@]12C)COC(=O)C3. The molecule has 1 saturated carbocycles. The minimum Gasteiger partial charge on any atom is -0.463 e. The average molecular weight is 570 g/mol. The van der Waals surface area contributed by atoms with Gasteiger partial charge in [-0.2, -0.15) is 0 Å². The van der Waals surface area contributed by atoms with Crippen LogP contribution in [0.1, 0.15) is 77.6 Å². The second-order valence-corrected chi connectivity index (χ2v) is 12.6. The number of fused-ring (bicyclic) bond motifs is 3. The number of rotatable bonds is 6. The molecule has 1 aromatic heterocycles. The van der Waals surface area contributed by atoms with Gasteiger partial charge in [-0.15, -0.1) is 0 Å². The third kappa shape index (κ3) is 4.69. The van der Waals surface area contributed by atoms with Gasteiger partial charge >= 0.3 is 17.9 Å². The zero-order valence-electron chi connectivity index (χ0n) is 24.6. The van der Waals surface area contributed by atoms with Crippen molar-refractivity contribution in [2.24, 2.45) is 16.7 Å². The van der Waals surface area contributed by atoms with Crippen LogP contribution in [0, 0.1) is 16.7 Å². The molecular formula is C31H39NO9. The van der Waals surface area contributed by atoms with E-state index in [1.165, 1.54) is 20.0 Å². The lowest BCUT2D eigenvalue weighted by Gasteiger charge is -2.70. The highest BCUT2D eigenvalue weighted by atomic mass is 16.6. The van der Waals surface area contributed by atoms with E-state index in [1.54, 1.807) is 18.3 Å². The first kappa shape index (κ1) is 29.4. The largest absolute Gasteiger partial charge is 0.463 e. The van der Waals surface area contributed by atoms with Crippen LogP contribution in [-0.2, 0) is 38.1 Å². The standard InChI is InChI=1S/C31H39NO9/c1-18-9-10-23(37-16-22(35)21-8-7-13-32-15-21)25-28(4)11-12-31(14-24(36)38-17-31)41-30(28,6)27(40-20(3)34)26(29(18,25)5)39-19(2)33/h7-9,13,15,23,25-27H,10-12,14,16-17H2,1-6H3/t23-,25-,26+,27+,28-,29+,30+,31+/m1/s1. The minimum absolute atomic E-state index is 0.0874. The lowest BCUT2D eigenvalue weighted by atomic mass is 9.41. The van der Waals surface area contributed by atoms with E-state index in [9.17, 15) is 19.2 Å². The van der Waals surface area contributed by atoms with E-state index in [0.29, 0.717) is 24.8 Å². The topological polar surface area (TPSA) is 127 Å². The van der Waals surface area contributed by atoms with Crippen molar-refractivity contribution in [3.63, 3.8) is 0 Å². The van der Waals surface area contributed by atoms with Crippen LogP contribution < -0.4 is 0 Å². The van der Waals surface area contributed by atoms with E-state index < -0.39 is 52.3 Å². The van der Waals surface area contributed by atoms with E-state index in [0.717, 1.165) is 5.57 Å². The van der Waals surface area contributed by atoms with Crippen LogP contribution in [0.3, 0.4) is 0 Å². The summed E-state index contributed by atoms with van der Waals surface area (Å²) in [6.45, 7) is 10.6. The first-order valence-electron chi connectivity index (χ1n) is 14.2. The molecule has 10 nitrogen and oxygen atoms in total. The number of ether oxygens (including phenoxy) is 5. The Morgan fingerprint density at radius 3 is 2.39 bits per heavy atom. The van der Waals surface area contributed by atoms with Gasteiger partial charge in [0.25, 0.3) is 0 Å². The van der Waals surface area contributed by atoms with Crippen LogP contribution in [0.5, 0.6) is 0 Å². The molecule has 0 radical (unpaired) electrons. The van der Waals surface area contributed by atoms with Crippen molar-refractivity contribution >= 4 is 23.7 Å². The fraction of sp³-hybridized carbons (Fsp3) is 0.645. The maximum atomic E-state index is 13.0. The zero-order valence-corrected chi connectivity index (χ0v) is 24.6. The maximum absolute atomic E-state index is 13.0. The molecule has 3 heterocycles. The summed E-state index contributed by atoms with van der Waals surface area (Å²) in [6.07, 6.45) is 4.61. The Labute approximate surface area is 240 Å². The summed E-state index contributed by atoms with van der Waals surface area (Å²) in [5.74, 6) is -1.90. The van der Waals surface area contributed by atoms with Crippen LogP contribution in [0.2, 0.25) is 0 Å². The molecule has 0 aromatic carbocycles. The van der Waals surface area contributed by atoms with Gasteiger partial charge < -0.3 is 23.7 Å². The smallest absolute Gasteiger partial charge is 0.308 e. The van der Waals surface area contributed by atoms with Gasteiger partial charge in [0.1, 0.15) is 24.4 Å². The predicted molar refractivity (Wildman–Crippen MR) is 145 cm³/mol. The molecule has 4 aliphatic rings. The summed E-state index contributed by atoms with van der Waals surface area (Å²) in [5, 5.41) is 0. The number of carbonyl (C=O) groups is 4. The molecule has 0 amide bonds. The fourth-order valence-corrected chi connectivity index (χ4v) is 8.03. The number of hydrogen-bond acceptors (Lipinski definition) is 10. The Morgan fingerprint density at radius 1 is 1.07 bits per heavy atom. The molecule has 1 aromatic rings. The van der Waals surface area contributed by atoms with Crippen LogP contribution >= 0.6 is 0 Å². The quantitative estimate of drug-likeness (QED) is 0.216. The van der Waals surface area contributed by atoms with Crippen molar-refractivity contribution < 1.29 is 42.9 Å². The minimum atomic E-state index is -1.19. The number of ketones is 1. The van der Waals surface area contributed by atoms with Crippen LogP contribution in [0.4, 0.5) is 0 Å². The number of carbonyl (C=O) groups excluding carboxylic acids is 4. The van der Waals surface area contributed by atoms with Crippen molar-refractivity contribution in [1.82, 2.24) is 4.98 Å². The molecule has 0 N–H and O–H groups in total. The summed E-state index contributed by atoms with van der Waals surface area (Å²) in [5.41, 5.74) is -2.15. The molecule has 3 fully saturated rings. The molecule has 2 aliphatic carbocycles. The number of cyclic esters (lactones) is 1. The van der Waals surface area contributed by atoms with Crippen LogP contribution in [0.15, 0.2) is 36.2 Å². The third-order valence-electron chi connectivity index (χ3n) is 10.2. The predicted octanol–water partition coefficient (Wildman–Crippen LogP) is 3.76. The van der Waals surface area contributed by atoms with Crippen molar-refractivity contribution in [2.45, 2.75) is 96.7 Å². The number of esters is 3. The molecule has 8 atom stereocenters. The van der Waals surface area contributed by atoms with E-state index in [-0.39, 0.29) is 37.3 Å². The van der Waals surface area contributed by atoms with Crippen molar-refractivity contribution in [3.8, 4) is 0 Å². The van der Waals surface area contributed by atoms with Gasteiger partial charge in [-0.3, -0.25) is 24.2 Å². The number of Topliss-reactive ketones (excluding diaryl/α,β-unsaturated/α-hetero) is 1. The Bertz CT molecular complexity index is 1280. The summed E-state index contributed by atoms with van der Waals surface area (Å²) in [7, 11) is 0. The number of nitrogens with zero attached hydrogens (tertiary/aromatic N) is 1. The van der Waals surface area contributed by atoms with Crippen LogP contribution in [0.25, 0.3) is 0 Å². The monoisotopic (exact) mass is 569 g/mol. The van der Waals surface area contributed by atoms with Crippen molar-refractivity contribution in [1.29, 1.82) is 0 Å². The van der Waals surface area contributed by atoms with Gasteiger partial charge in [-0.05, 0) is 45.2 Å². The molecule has 2 aliphatic heterocycles. The van der Waals surface area contributed by atoms with Gasteiger partial charge in [0, 0.05) is 48.6 Å². The highest BCUT2D eigenvalue weighted by molar-refractivity contribution is 5.96. The van der Waals surface area contributed by atoms with Gasteiger partial charge in [-0.25, -0.2) is 0 Å². The Kier molecular flexibility index (Phi) is 7.39. The molecule has 5 rings (SSSR count). The molecule has 41 heavy (non-hydrogen) atoms. The summed E-state index contributed by atoms with van der Waals surface area (Å²) in [4.78, 5) is 54.5. The first-order valence-corrected chi connectivity index (χ1v) is 14.2. The van der Waals surface area contributed by atoms with E-state index in [4.69, 9.17) is 23.7 Å². The zero-order chi connectivity index (χ0) is 29.8. The molecule has 222 valence electrons. The lowest BCUT2D eigenvalue weighted by molar-refractivity contribution is -0.350. The summed E-state index contributed by atoms with van der Waals surface area (Å²) < 4.78 is 30.8. The Morgan fingerprint density at radius 2 is 1.78 bits per heavy atom. The number of aromatic nitrogens is 1. The maximum Gasteiger partial charge on any atom is 0.308 e. The molecular weight excluding hydrogens is 530 g/mol. The average Bonchev–Trinajstić information content (AvgIpc) is 3.28. The molecule has 2 saturated heterocycles. The van der Waals surface area contributed by atoms with Gasteiger partial charge in [0.05, 0.1) is 12.5 Å². The highest BCUT2D eigenvalue weighted by Crippen LogP contribution is 2.68. The number of hydrogen-bond donors (Lipinski definition) is 0. The van der Waals surface area contributed by atoms with E-state index >= 15 is 0 Å².